The second-order valence-corrected chi connectivity index (χ2v) is 4.80. The Morgan fingerprint density at radius 3 is 2.30 bits per heavy atom. The summed E-state index contributed by atoms with van der Waals surface area (Å²) in [5, 5.41) is 2.27. The lowest BCUT2D eigenvalue weighted by atomic mass is 10.0. The quantitative estimate of drug-likeness (QED) is 0.850. The molecule has 0 spiro atoms. The van der Waals surface area contributed by atoms with Gasteiger partial charge in [0.05, 0.1) is 0 Å². The van der Waals surface area contributed by atoms with Gasteiger partial charge in [0.25, 0.3) is 0 Å². The van der Waals surface area contributed by atoms with E-state index >= 15 is 0 Å². The molecule has 0 atom stereocenters. The van der Waals surface area contributed by atoms with Gasteiger partial charge in [0.2, 0.25) is 5.91 Å². The van der Waals surface area contributed by atoms with Gasteiger partial charge in [-0.3, -0.25) is 15.0 Å². The van der Waals surface area contributed by atoms with E-state index in [1.54, 1.807) is 0 Å². The number of carbonyl (C=O) groups excluding carboxylic acids is 2. The van der Waals surface area contributed by atoms with E-state index in [4.69, 9.17) is 0 Å². The zero-order valence-corrected chi connectivity index (χ0v) is 11.1. The molecule has 2 aromatic rings. The number of hydrogen-bond acceptors (Lipinski definition) is 2. The third kappa shape index (κ3) is 2.16. The molecule has 1 aliphatic rings. The average molecular weight is 266 g/mol. The van der Waals surface area contributed by atoms with Gasteiger partial charge in [-0.05, 0) is 35.7 Å². The van der Waals surface area contributed by atoms with Crippen molar-refractivity contribution in [2.75, 3.05) is 11.4 Å². The van der Waals surface area contributed by atoms with Crippen LogP contribution >= 0.6 is 0 Å². The van der Waals surface area contributed by atoms with Crippen LogP contribution in [-0.2, 0) is 4.79 Å². The van der Waals surface area contributed by atoms with Crippen molar-refractivity contribution in [2.24, 2.45) is 0 Å². The minimum atomic E-state index is -0.362. The number of urea groups is 1. The molecule has 2 aromatic carbocycles. The Labute approximate surface area is 117 Å². The van der Waals surface area contributed by atoms with Crippen molar-refractivity contribution in [1.29, 1.82) is 0 Å². The van der Waals surface area contributed by atoms with Crippen LogP contribution in [0.5, 0.6) is 0 Å². The Balaban J connectivity index is 1.91. The zero-order valence-electron chi connectivity index (χ0n) is 11.1. The van der Waals surface area contributed by atoms with Gasteiger partial charge < -0.3 is 0 Å². The van der Waals surface area contributed by atoms with E-state index in [1.807, 2.05) is 36.4 Å². The number of aryl methyl sites for hydroxylation is 1. The lowest BCUT2D eigenvalue weighted by Crippen LogP contribution is -2.27. The Morgan fingerprint density at radius 2 is 1.70 bits per heavy atom. The van der Waals surface area contributed by atoms with Crippen LogP contribution in [0.15, 0.2) is 48.5 Å². The molecule has 1 heterocycles. The van der Waals surface area contributed by atoms with Crippen molar-refractivity contribution in [1.82, 2.24) is 5.32 Å². The summed E-state index contributed by atoms with van der Waals surface area (Å²) in [5.74, 6) is -0.266. The predicted octanol–water partition coefficient (Wildman–Crippen LogP) is 2.72. The lowest BCUT2D eigenvalue weighted by Gasteiger charge is -2.14. The zero-order chi connectivity index (χ0) is 14.1. The Morgan fingerprint density at radius 1 is 1.00 bits per heavy atom. The number of nitrogens with one attached hydrogen (secondary N) is 1. The van der Waals surface area contributed by atoms with Crippen LogP contribution in [0.2, 0.25) is 0 Å². The monoisotopic (exact) mass is 266 g/mol. The van der Waals surface area contributed by atoms with E-state index in [9.17, 15) is 9.59 Å². The van der Waals surface area contributed by atoms with Crippen LogP contribution in [-0.4, -0.2) is 18.5 Å². The molecule has 0 unspecified atom stereocenters. The first kappa shape index (κ1) is 12.4. The molecule has 0 radical (unpaired) electrons. The summed E-state index contributed by atoms with van der Waals surface area (Å²) in [4.78, 5) is 24.2. The van der Waals surface area contributed by atoms with Crippen LogP contribution in [0, 0.1) is 6.92 Å². The molecule has 0 bridgehead atoms. The smallest absolute Gasteiger partial charge is 0.285 e. The minimum Gasteiger partial charge on any atom is -0.285 e. The highest BCUT2D eigenvalue weighted by atomic mass is 16.2. The number of imide groups is 1. The van der Waals surface area contributed by atoms with Gasteiger partial charge in [0, 0.05) is 5.69 Å². The predicted molar refractivity (Wildman–Crippen MR) is 77.5 cm³/mol. The van der Waals surface area contributed by atoms with Crippen LogP contribution < -0.4 is 10.2 Å². The van der Waals surface area contributed by atoms with Crippen molar-refractivity contribution < 1.29 is 9.59 Å². The molecule has 3 rings (SSSR count). The van der Waals surface area contributed by atoms with E-state index < -0.39 is 0 Å². The van der Waals surface area contributed by atoms with Gasteiger partial charge in [-0.15, -0.1) is 0 Å². The van der Waals surface area contributed by atoms with Gasteiger partial charge in [-0.1, -0.05) is 36.4 Å². The molecule has 100 valence electrons. The van der Waals surface area contributed by atoms with Crippen molar-refractivity contribution >= 4 is 17.6 Å². The molecule has 0 saturated carbocycles. The van der Waals surface area contributed by atoms with Crippen LogP contribution in [0.4, 0.5) is 10.5 Å². The Hall–Kier alpha value is -2.62. The second kappa shape index (κ2) is 4.81. The molecule has 4 heteroatoms. The molecule has 4 nitrogen and oxygen atoms in total. The largest absolute Gasteiger partial charge is 0.329 e. The number of amides is 3. The summed E-state index contributed by atoms with van der Waals surface area (Å²) in [6.45, 7) is 2.15. The average Bonchev–Trinajstić information content (AvgIpc) is 2.79. The Kier molecular flexibility index (Phi) is 2.99. The van der Waals surface area contributed by atoms with E-state index in [1.165, 1.54) is 16.0 Å². The molecule has 1 aliphatic heterocycles. The van der Waals surface area contributed by atoms with Gasteiger partial charge in [0.1, 0.15) is 6.54 Å². The lowest BCUT2D eigenvalue weighted by molar-refractivity contribution is -0.117. The number of rotatable bonds is 2. The SMILES string of the molecule is Cc1ccccc1-c1ccc(N2CC(=O)NC2=O)cc1. The third-order valence-electron chi connectivity index (χ3n) is 3.43. The highest BCUT2D eigenvalue weighted by Gasteiger charge is 2.27. The van der Waals surface area contributed by atoms with Gasteiger partial charge in [-0.25, -0.2) is 4.79 Å². The van der Waals surface area contributed by atoms with E-state index in [-0.39, 0.29) is 18.5 Å². The Bertz CT molecular complexity index is 677. The van der Waals surface area contributed by atoms with Crippen molar-refractivity contribution in [2.45, 2.75) is 6.92 Å². The van der Waals surface area contributed by atoms with Gasteiger partial charge >= 0.3 is 6.03 Å². The first-order valence-corrected chi connectivity index (χ1v) is 6.42. The van der Waals surface area contributed by atoms with E-state index in [0.717, 1.165) is 11.3 Å². The maximum absolute atomic E-state index is 11.6. The van der Waals surface area contributed by atoms with Crippen molar-refractivity contribution in [3.05, 3.63) is 54.1 Å². The normalized spacial score (nSPS) is 14.6. The topological polar surface area (TPSA) is 49.4 Å². The van der Waals surface area contributed by atoms with Crippen molar-refractivity contribution in [3.63, 3.8) is 0 Å². The maximum Gasteiger partial charge on any atom is 0.329 e. The summed E-state index contributed by atoms with van der Waals surface area (Å²) in [6, 6.07) is 15.4. The first-order valence-electron chi connectivity index (χ1n) is 6.42. The molecule has 1 N–H and O–H groups in total. The number of benzene rings is 2. The molecular weight excluding hydrogens is 252 g/mol. The molecule has 0 aromatic heterocycles. The van der Waals surface area contributed by atoms with Crippen LogP contribution in [0.1, 0.15) is 5.56 Å². The number of anilines is 1. The molecule has 20 heavy (non-hydrogen) atoms. The summed E-state index contributed by atoms with van der Waals surface area (Å²) in [5.41, 5.74) is 4.19. The molecular formula is C16H14N2O2. The summed E-state index contributed by atoms with van der Waals surface area (Å²) < 4.78 is 0. The standard InChI is InChI=1S/C16H14N2O2/c1-11-4-2-3-5-14(11)12-6-8-13(9-7-12)18-10-15(19)17-16(18)20/h2-9H,10H2,1H3,(H,17,19,20). The van der Waals surface area contributed by atoms with Gasteiger partial charge in [0.15, 0.2) is 0 Å². The molecule has 1 fully saturated rings. The van der Waals surface area contributed by atoms with Crippen LogP contribution in [0.25, 0.3) is 11.1 Å². The number of hydrogen-bond donors (Lipinski definition) is 1. The van der Waals surface area contributed by atoms with E-state index in [0.29, 0.717) is 0 Å². The minimum absolute atomic E-state index is 0.0859. The highest BCUT2D eigenvalue weighted by Crippen LogP contribution is 2.26. The maximum atomic E-state index is 11.6. The fourth-order valence-corrected chi connectivity index (χ4v) is 2.37. The van der Waals surface area contributed by atoms with E-state index in [2.05, 4.69) is 24.4 Å². The summed E-state index contributed by atoms with van der Waals surface area (Å²) in [7, 11) is 0. The van der Waals surface area contributed by atoms with Gasteiger partial charge in [-0.2, -0.15) is 0 Å². The second-order valence-electron chi connectivity index (χ2n) is 4.80. The fraction of sp³-hybridized carbons (Fsp3) is 0.125. The third-order valence-corrected chi connectivity index (χ3v) is 3.43. The summed E-state index contributed by atoms with van der Waals surface area (Å²) >= 11 is 0. The summed E-state index contributed by atoms with van der Waals surface area (Å²) in [6.07, 6.45) is 0. The number of nitrogens with zero attached hydrogens (tertiary/aromatic N) is 1. The molecule has 1 saturated heterocycles. The highest BCUT2D eigenvalue weighted by molar-refractivity contribution is 6.12. The van der Waals surface area contributed by atoms with Crippen LogP contribution in [0.3, 0.4) is 0 Å². The number of carbonyl (C=O) groups is 2. The fourth-order valence-electron chi connectivity index (χ4n) is 2.37. The first-order chi connectivity index (χ1) is 9.65. The molecule has 3 amide bonds. The molecule has 0 aliphatic carbocycles. The van der Waals surface area contributed by atoms with Crippen molar-refractivity contribution in [3.8, 4) is 11.1 Å².